The summed E-state index contributed by atoms with van der Waals surface area (Å²) in [5.41, 5.74) is 8.34. The summed E-state index contributed by atoms with van der Waals surface area (Å²) in [6, 6.07) is 60.9. The van der Waals surface area contributed by atoms with Crippen LogP contribution in [-0.4, -0.2) is 15.0 Å². The molecule has 3 aromatic heterocycles. The third-order valence-electron chi connectivity index (χ3n) is 11.1. The number of hydrogen-bond donors (Lipinski definition) is 0. The maximum absolute atomic E-state index is 6.97. The van der Waals surface area contributed by atoms with Crippen LogP contribution in [0.2, 0.25) is 0 Å². The molecule has 0 saturated carbocycles. The van der Waals surface area contributed by atoms with Crippen LogP contribution in [0.1, 0.15) is 0 Å². The fourth-order valence-corrected chi connectivity index (χ4v) is 8.49. The van der Waals surface area contributed by atoms with Crippen LogP contribution in [0.5, 0.6) is 0 Å². The topological polar surface area (TPSA) is 65.0 Å². The van der Waals surface area contributed by atoms with Crippen molar-refractivity contribution in [2.75, 3.05) is 0 Å². The van der Waals surface area contributed by atoms with Gasteiger partial charge in [0.1, 0.15) is 22.3 Å². The molecule has 0 radical (unpaired) electrons. The molecule has 260 valence electrons. The van der Waals surface area contributed by atoms with Gasteiger partial charge in [0.2, 0.25) is 0 Å². The Morgan fingerprint density at radius 2 is 0.911 bits per heavy atom. The first kappa shape index (κ1) is 30.8. The monoisotopic (exact) mass is 715 g/mol. The van der Waals surface area contributed by atoms with E-state index in [9.17, 15) is 0 Å². The molecule has 0 N–H and O–H groups in total. The lowest BCUT2D eigenvalue weighted by molar-refractivity contribution is 0.669. The lowest BCUT2D eigenvalue weighted by atomic mass is 9.92. The van der Waals surface area contributed by atoms with E-state index in [0.29, 0.717) is 17.5 Å². The Balaban J connectivity index is 1.07. The van der Waals surface area contributed by atoms with Crippen molar-refractivity contribution in [3.8, 4) is 45.3 Å². The molecule has 0 aliphatic carbocycles. The first-order valence-corrected chi connectivity index (χ1v) is 18.8. The summed E-state index contributed by atoms with van der Waals surface area (Å²) < 4.78 is 13.2. The van der Waals surface area contributed by atoms with Gasteiger partial charge in [0.05, 0.1) is 0 Å². The smallest absolute Gasteiger partial charge is 0.164 e. The van der Waals surface area contributed by atoms with Gasteiger partial charge in [-0.25, -0.2) is 15.0 Å². The van der Waals surface area contributed by atoms with Crippen molar-refractivity contribution in [1.82, 2.24) is 15.0 Å². The van der Waals surface area contributed by atoms with Gasteiger partial charge in [-0.15, -0.1) is 0 Å². The number of hydrogen-bond acceptors (Lipinski definition) is 5. The van der Waals surface area contributed by atoms with Gasteiger partial charge in [-0.3, -0.25) is 0 Å². The minimum absolute atomic E-state index is 0.593. The molecule has 0 aliphatic rings. The van der Waals surface area contributed by atoms with Crippen LogP contribution in [0.25, 0.3) is 121 Å². The molecular formula is C51H29N3O2. The number of rotatable bonds is 4. The summed E-state index contributed by atoms with van der Waals surface area (Å²) in [4.78, 5) is 15.2. The highest BCUT2D eigenvalue weighted by Crippen LogP contribution is 2.45. The zero-order chi connectivity index (χ0) is 36.7. The molecule has 0 bridgehead atoms. The third kappa shape index (κ3) is 4.64. The Morgan fingerprint density at radius 1 is 0.304 bits per heavy atom. The van der Waals surface area contributed by atoms with Crippen LogP contribution in [0.3, 0.4) is 0 Å². The summed E-state index contributed by atoms with van der Waals surface area (Å²) in [6.45, 7) is 0. The average molecular weight is 716 g/mol. The Hall–Kier alpha value is -7.63. The first-order chi connectivity index (χ1) is 27.7. The number of aromatic nitrogens is 3. The second-order valence-electron chi connectivity index (χ2n) is 14.3. The second-order valence-corrected chi connectivity index (χ2v) is 14.3. The number of benzene rings is 9. The van der Waals surface area contributed by atoms with Crippen molar-refractivity contribution in [1.29, 1.82) is 0 Å². The van der Waals surface area contributed by atoms with E-state index in [1.54, 1.807) is 0 Å². The largest absolute Gasteiger partial charge is 0.456 e. The lowest BCUT2D eigenvalue weighted by Gasteiger charge is -2.11. The predicted molar refractivity (Wildman–Crippen MR) is 229 cm³/mol. The normalized spacial score (nSPS) is 11.9. The average Bonchev–Trinajstić information content (AvgIpc) is 3.86. The van der Waals surface area contributed by atoms with Crippen LogP contribution in [0, 0.1) is 0 Å². The molecule has 12 aromatic rings. The van der Waals surface area contributed by atoms with Crippen LogP contribution >= 0.6 is 0 Å². The molecule has 0 spiro atoms. The zero-order valence-corrected chi connectivity index (χ0v) is 29.9. The Morgan fingerprint density at radius 3 is 1.73 bits per heavy atom. The molecule has 0 amide bonds. The molecule has 0 fully saturated rings. The van der Waals surface area contributed by atoms with E-state index in [1.165, 1.54) is 10.8 Å². The van der Waals surface area contributed by atoms with Gasteiger partial charge in [-0.05, 0) is 56.9 Å². The van der Waals surface area contributed by atoms with E-state index in [1.807, 2.05) is 60.7 Å². The van der Waals surface area contributed by atoms with Gasteiger partial charge in [0.15, 0.2) is 17.5 Å². The van der Waals surface area contributed by atoms with E-state index in [-0.39, 0.29) is 0 Å². The van der Waals surface area contributed by atoms with Gasteiger partial charge < -0.3 is 8.83 Å². The maximum atomic E-state index is 6.97. The predicted octanol–water partition coefficient (Wildman–Crippen LogP) is 13.8. The molecule has 0 unspecified atom stereocenters. The van der Waals surface area contributed by atoms with Gasteiger partial charge >= 0.3 is 0 Å². The van der Waals surface area contributed by atoms with Gasteiger partial charge in [-0.2, -0.15) is 0 Å². The summed E-state index contributed by atoms with van der Waals surface area (Å²) >= 11 is 0. The highest BCUT2D eigenvalue weighted by atomic mass is 16.3. The van der Waals surface area contributed by atoms with E-state index in [4.69, 9.17) is 23.8 Å². The molecule has 3 heterocycles. The number of nitrogens with zero attached hydrogens (tertiary/aromatic N) is 3. The number of furan rings is 2. The van der Waals surface area contributed by atoms with Crippen LogP contribution in [0.4, 0.5) is 0 Å². The van der Waals surface area contributed by atoms with Crippen LogP contribution in [-0.2, 0) is 0 Å². The third-order valence-corrected chi connectivity index (χ3v) is 11.1. The van der Waals surface area contributed by atoms with Crippen molar-refractivity contribution in [2.45, 2.75) is 0 Å². The highest BCUT2D eigenvalue weighted by Gasteiger charge is 2.21. The fraction of sp³-hybridized carbons (Fsp3) is 0. The zero-order valence-electron chi connectivity index (χ0n) is 29.9. The summed E-state index contributed by atoms with van der Waals surface area (Å²) in [7, 11) is 0. The SMILES string of the molecule is c1ccc(-c2nc(-c3ccc(-c4cc5ccc6ccccc6c5c5oc6c7ccccc7ccc6c45)cc3)nc(-c3cccc4oc5ccccc5c34)n2)cc1. The molecular weight excluding hydrogens is 687 g/mol. The standard InChI is InChI=1S/C51H29N3O2/c1-2-13-33(14-3-1)49-52-50(54-51(53-49)40-18-10-20-43-45(40)38-17-8-9-19-42(38)55-43)34-24-21-32(22-25-34)41-29-35-26-23-30-11-4-6-15-36(30)44(35)48-46(41)39-28-27-31-12-5-7-16-37(31)47(39)56-48/h1-29H. The molecule has 56 heavy (non-hydrogen) atoms. The van der Waals surface area contributed by atoms with Crippen molar-refractivity contribution in [2.24, 2.45) is 0 Å². The summed E-state index contributed by atoms with van der Waals surface area (Å²) in [6.07, 6.45) is 0. The quantitative estimate of drug-likeness (QED) is 0.170. The van der Waals surface area contributed by atoms with Gasteiger partial charge in [-0.1, -0.05) is 152 Å². The lowest BCUT2D eigenvalue weighted by Crippen LogP contribution is -2.00. The van der Waals surface area contributed by atoms with Crippen molar-refractivity contribution >= 4 is 76.2 Å². The minimum Gasteiger partial charge on any atom is -0.456 e. The Bertz CT molecular complexity index is 3530. The van der Waals surface area contributed by atoms with Crippen LogP contribution < -0.4 is 0 Å². The molecule has 5 nitrogen and oxygen atoms in total. The van der Waals surface area contributed by atoms with Crippen molar-refractivity contribution < 1.29 is 8.83 Å². The second kappa shape index (κ2) is 11.9. The highest BCUT2D eigenvalue weighted by molar-refractivity contribution is 6.29. The maximum Gasteiger partial charge on any atom is 0.164 e. The number of fused-ring (bicyclic) bond motifs is 12. The molecule has 0 aliphatic heterocycles. The number of para-hydroxylation sites is 1. The fourth-order valence-electron chi connectivity index (χ4n) is 8.49. The van der Waals surface area contributed by atoms with Crippen molar-refractivity contribution in [3.05, 3.63) is 176 Å². The van der Waals surface area contributed by atoms with Gasteiger partial charge in [0, 0.05) is 49.0 Å². The van der Waals surface area contributed by atoms with Gasteiger partial charge in [0.25, 0.3) is 0 Å². The molecule has 0 saturated heterocycles. The summed E-state index contributed by atoms with van der Waals surface area (Å²) in [5.74, 6) is 1.80. The van der Waals surface area contributed by atoms with Crippen LogP contribution in [0.15, 0.2) is 185 Å². The van der Waals surface area contributed by atoms with Crippen molar-refractivity contribution in [3.63, 3.8) is 0 Å². The van der Waals surface area contributed by atoms with E-state index >= 15 is 0 Å². The molecule has 12 rings (SSSR count). The molecule has 0 atom stereocenters. The molecule has 9 aromatic carbocycles. The molecule has 5 heteroatoms. The Labute approximate surface area is 320 Å². The minimum atomic E-state index is 0.593. The van der Waals surface area contributed by atoms with E-state index < -0.39 is 0 Å². The summed E-state index contributed by atoms with van der Waals surface area (Å²) in [5, 5.41) is 11.1. The Kier molecular flexibility index (Phi) is 6.56. The van der Waals surface area contributed by atoms with E-state index in [2.05, 4.69) is 115 Å². The van der Waals surface area contributed by atoms with E-state index in [0.717, 1.165) is 93.2 Å². The first-order valence-electron chi connectivity index (χ1n) is 18.8.